The van der Waals surface area contributed by atoms with Gasteiger partial charge < -0.3 is 24.7 Å². The summed E-state index contributed by atoms with van der Waals surface area (Å²) in [6.45, 7) is 2.43. The second-order valence-electron chi connectivity index (χ2n) is 7.37. The summed E-state index contributed by atoms with van der Waals surface area (Å²) in [5.41, 5.74) is 2.15. The van der Waals surface area contributed by atoms with Crippen molar-refractivity contribution in [3.63, 3.8) is 0 Å². The number of aryl methyl sites for hydroxylation is 2. The fraction of sp³-hybridized carbons (Fsp3) is 0.429. The molecule has 162 valence electrons. The predicted octanol–water partition coefficient (Wildman–Crippen LogP) is 2.49. The standard InChI is InChI=1S/C21H25ClFN3O4/c1-13-7-15(26(2)10-13)9-24-21(28)19-6-3-14(11-30-19)25-20(27)12-29-16-4-5-17(22)18(23)8-16/h4-5,7-8,10,14,19H,3,6,9,11-12H2,1-2H3,(H,24,28)(H,25,27)/t14-,19+/m1/s1. The van der Waals surface area contributed by atoms with Gasteiger partial charge in [0.1, 0.15) is 17.7 Å². The molecule has 0 aliphatic carbocycles. The molecule has 2 heterocycles. The molecule has 9 heteroatoms. The number of rotatable bonds is 7. The molecule has 2 atom stereocenters. The van der Waals surface area contributed by atoms with Crippen LogP contribution in [-0.4, -0.2) is 41.7 Å². The first-order chi connectivity index (χ1) is 14.3. The van der Waals surface area contributed by atoms with Gasteiger partial charge >= 0.3 is 0 Å². The topological polar surface area (TPSA) is 81.6 Å². The van der Waals surface area contributed by atoms with Crippen molar-refractivity contribution in [1.82, 2.24) is 15.2 Å². The highest BCUT2D eigenvalue weighted by atomic mass is 35.5. The Bertz CT molecular complexity index is 910. The summed E-state index contributed by atoms with van der Waals surface area (Å²) in [5.74, 6) is -0.897. The zero-order valence-corrected chi connectivity index (χ0v) is 17.7. The number of hydrogen-bond acceptors (Lipinski definition) is 4. The lowest BCUT2D eigenvalue weighted by atomic mass is 10.0. The third-order valence-electron chi connectivity index (χ3n) is 4.88. The van der Waals surface area contributed by atoms with E-state index in [9.17, 15) is 14.0 Å². The number of ether oxygens (including phenoxy) is 2. The summed E-state index contributed by atoms with van der Waals surface area (Å²) in [6, 6.07) is 5.79. The SMILES string of the molecule is Cc1cc(CNC(=O)[C@@H]2CC[C@@H](NC(=O)COc3ccc(Cl)c(F)c3)CO2)n(C)c1. The molecule has 1 aromatic heterocycles. The number of halogens is 2. The second-order valence-corrected chi connectivity index (χ2v) is 7.77. The molecule has 0 saturated carbocycles. The number of aromatic nitrogens is 1. The van der Waals surface area contributed by atoms with Crippen molar-refractivity contribution in [3.05, 3.63) is 52.6 Å². The maximum absolute atomic E-state index is 13.4. The third-order valence-corrected chi connectivity index (χ3v) is 5.19. The van der Waals surface area contributed by atoms with Gasteiger partial charge in [-0.2, -0.15) is 0 Å². The molecule has 30 heavy (non-hydrogen) atoms. The Kier molecular flexibility index (Phi) is 7.33. The number of hydrogen-bond donors (Lipinski definition) is 2. The van der Waals surface area contributed by atoms with Crippen LogP contribution in [0.5, 0.6) is 5.75 Å². The van der Waals surface area contributed by atoms with E-state index in [2.05, 4.69) is 10.6 Å². The van der Waals surface area contributed by atoms with Crippen LogP contribution in [0.4, 0.5) is 4.39 Å². The van der Waals surface area contributed by atoms with E-state index in [1.54, 1.807) is 0 Å². The highest BCUT2D eigenvalue weighted by Gasteiger charge is 2.28. The average Bonchev–Trinajstić information content (AvgIpc) is 3.04. The minimum Gasteiger partial charge on any atom is -0.484 e. The maximum atomic E-state index is 13.4. The molecule has 1 aliphatic heterocycles. The zero-order chi connectivity index (χ0) is 21.7. The fourth-order valence-electron chi connectivity index (χ4n) is 3.31. The number of benzene rings is 1. The molecule has 7 nitrogen and oxygen atoms in total. The molecule has 2 aromatic rings. The van der Waals surface area contributed by atoms with Crippen LogP contribution in [0.2, 0.25) is 5.02 Å². The molecular formula is C21H25ClFN3O4. The lowest BCUT2D eigenvalue weighted by Crippen LogP contribution is -2.48. The van der Waals surface area contributed by atoms with E-state index in [1.807, 2.05) is 30.8 Å². The normalized spacial score (nSPS) is 18.7. The summed E-state index contributed by atoms with van der Waals surface area (Å²) in [6.07, 6.45) is 2.58. The highest BCUT2D eigenvalue weighted by Crippen LogP contribution is 2.20. The van der Waals surface area contributed by atoms with Gasteiger partial charge in [-0.25, -0.2) is 4.39 Å². The molecule has 1 aromatic carbocycles. The quantitative estimate of drug-likeness (QED) is 0.697. The van der Waals surface area contributed by atoms with Crippen LogP contribution in [0.25, 0.3) is 0 Å². The Balaban J connectivity index is 1.37. The molecule has 1 saturated heterocycles. The van der Waals surface area contributed by atoms with Gasteiger partial charge in [0.05, 0.1) is 24.2 Å². The van der Waals surface area contributed by atoms with Gasteiger partial charge in [0, 0.05) is 25.0 Å². The van der Waals surface area contributed by atoms with Gasteiger partial charge in [0.15, 0.2) is 6.61 Å². The van der Waals surface area contributed by atoms with Crippen molar-refractivity contribution in [2.24, 2.45) is 7.05 Å². The van der Waals surface area contributed by atoms with Crippen molar-refractivity contribution in [2.75, 3.05) is 13.2 Å². The Morgan fingerprint density at radius 3 is 2.77 bits per heavy atom. The number of nitrogens with one attached hydrogen (secondary N) is 2. The summed E-state index contributed by atoms with van der Waals surface area (Å²) in [5, 5.41) is 5.68. The lowest BCUT2D eigenvalue weighted by molar-refractivity contribution is -0.137. The van der Waals surface area contributed by atoms with E-state index in [1.165, 1.54) is 12.1 Å². The predicted molar refractivity (Wildman–Crippen MR) is 110 cm³/mol. The molecule has 3 rings (SSSR count). The molecule has 0 spiro atoms. The maximum Gasteiger partial charge on any atom is 0.258 e. The van der Waals surface area contributed by atoms with Crippen LogP contribution in [0.1, 0.15) is 24.1 Å². The van der Waals surface area contributed by atoms with Gasteiger partial charge in [0.25, 0.3) is 5.91 Å². The summed E-state index contributed by atoms with van der Waals surface area (Å²) in [4.78, 5) is 24.4. The lowest BCUT2D eigenvalue weighted by Gasteiger charge is -2.28. The molecule has 0 bridgehead atoms. The molecule has 2 amide bonds. The highest BCUT2D eigenvalue weighted by molar-refractivity contribution is 6.30. The minimum absolute atomic E-state index is 0.0106. The van der Waals surface area contributed by atoms with Crippen LogP contribution < -0.4 is 15.4 Å². The van der Waals surface area contributed by atoms with Gasteiger partial charge in [-0.05, 0) is 43.5 Å². The number of nitrogens with zero attached hydrogens (tertiary/aromatic N) is 1. The molecule has 0 unspecified atom stereocenters. The van der Waals surface area contributed by atoms with Gasteiger partial charge in [0.2, 0.25) is 5.91 Å². The van der Waals surface area contributed by atoms with Gasteiger partial charge in [-0.3, -0.25) is 9.59 Å². The molecular weight excluding hydrogens is 413 g/mol. The average molecular weight is 438 g/mol. The van der Waals surface area contributed by atoms with Crippen LogP contribution in [0.3, 0.4) is 0 Å². The van der Waals surface area contributed by atoms with Crippen molar-refractivity contribution in [3.8, 4) is 5.75 Å². The number of carbonyl (C=O) groups is 2. The van der Waals surface area contributed by atoms with Gasteiger partial charge in [-0.1, -0.05) is 11.6 Å². The van der Waals surface area contributed by atoms with Crippen molar-refractivity contribution < 1.29 is 23.5 Å². The number of carbonyl (C=O) groups excluding carboxylic acids is 2. The summed E-state index contributed by atoms with van der Waals surface area (Å²) < 4.78 is 26.3. The molecule has 1 aliphatic rings. The van der Waals surface area contributed by atoms with E-state index < -0.39 is 11.9 Å². The van der Waals surface area contributed by atoms with Crippen LogP contribution in [0, 0.1) is 12.7 Å². The summed E-state index contributed by atoms with van der Waals surface area (Å²) >= 11 is 5.61. The largest absolute Gasteiger partial charge is 0.484 e. The Hall–Kier alpha value is -2.58. The van der Waals surface area contributed by atoms with E-state index >= 15 is 0 Å². The van der Waals surface area contributed by atoms with E-state index in [0.29, 0.717) is 19.4 Å². The Labute approximate surface area is 179 Å². The van der Waals surface area contributed by atoms with Crippen molar-refractivity contribution >= 4 is 23.4 Å². The second kappa shape index (κ2) is 9.95. The number of amides is 2. The first-order valence-electron chi connectivity index (χ1n) is 9.70. The Morgan fingerprint density at radius 1 is 1.33 bits per heavy atom. The van der Waals surface area contributed by atoms with Crippen molar-refractivity contribution in [1.29, 1.82) is 0 Å². The smallest absolute Gasteiger partial charge is 0.258 e. The summed E-state index contributed by atoms with van der Waals surface area (Å²) in [7, 11) is 1.94. The van der Waals surface area contributed by atoms with E-state index in [0.717, 1.165) is 17.3 Å². The van der Waals surface area contributed by atoms with Gasteiger partial charge in [-0.15, -0.1) is 0 Å². The monoisotopic (exact) mass is 437 g/mol. The third kappa shape index (κ3) is 5.96. The Morgan fingerprint density at radius 2 is 2.13 bits per heavy atom. The van der Waals surface area contributed by atoms with Crippen LogP contribution in [-0.2, 0) is 27.9 Å². The van der Waals surface area contributed by atoms with Crippen LogP contribution >= 0.6 is 11.6 Å². The molecule has 2 N–H and O–H groups in total. The minimum atomic E-state index is -0.609. The van der Waals surface area contributed by atoms with E-state index in [4.69, 9.17) is 21.1 Å². The fourth-order valence-corrected chi connectivity index (χ4v) is 3.43. The molecule has 0 radical (unpaired) electrons. The first-order valence-corrected chi connectivity index (χ1v) is 10.1. The first kappa shape index (κ1) is 22.1. The van der Waals surface area contributed by atoms with Crippen LogP contribution in [0.15, 0.2) is 30.5 Å². The van der Waals surface area contributed by atoms with E-state index in [-0.39, 0.29) is 41.8 Å². The zero-order valence-electron chi connectivity index (χ0n) is 16.9. The van der Waals surface area contributed by atoms with Crippen molar-refractivity contribution in [2.45, 2.75) is 38.5 Å². The molecule has 1 fully saturated rings.